The SMILES string of the molecule is CCCc1cc(BOC(C)(C)C(C)(C)OC)cc(Oc2cc(Cl)cc(BOC(C)(C)C(C)(C)O)c2)c1. The molecule has 0 radical (unpaired) electrons. The minimum atomic E-state index is -0.990. The molecule has 0 saturated carbocycles. The van der Waals surface area contributed by atoms with E-state index in [2.05, 4.69) is 19.1 Å². The number of aliphatic hydroxyl groups is 1. The average Bonchev–Trinajstić information content (AvgIpc) is 2.75. The maximum absolute atomic E-state index is 10.4. The topological polar surface area (TPSA) is 57.2 Å². The van der Waals surface area contributed by atoms with E-state index in [1.165, 1.54) is 5.56 Å². The molecule has 0 fully saturated rings. The molecule has 2 aromatic carbocycles. The van der Waals surface area contributed by atoms with Crippen LogP contribution in [0.2, 0.25) is 5.02 Å². The van der Waals surface area contributed by atoms with E-state index in [1.807, 2.05) is 59.7 Å². The summed E-state index contributed by atoms with van der Waals surface area (Å²) in [5, 5.41) is 10.9. The second-order valence-electron chi connectivity index (χ2n) is 11.5. The Bertz CT molecular complexity index is 1020. The molecule has 5 nitrogen and oxygen atoms in total. The number of rotatable bonds is 13. The van der Waals surface area contributed by atoms with E-state index in [0.717, 1.165) is 29.5 Å². The molecule has 0 bridgehead atoms. The molecule has 8 heteroatoms. The highest BCUT2D eigenvalue weighted by Crippen LogP contribution is 2.29. The molecule has 2 aromatic rings. The van der Waals surface area contributed by atoms with Gasteiger partial charge in [0.15, 0.2) is 0 Å². The number of methoxy groups -OCH3 is 1. The number of aryl methyl sites for hydroxylation is 1. The first-order valence-corrected chi connectivity index (χ1v) is 13.0. The van der Waals surface area contributed by atoms with E-state index in [0.29, 0.717) is 25.7 Å². The number of benzene rings is 2. The number of halogens is 1. The summed E-state index contributed by atoms with van der Waals surface area (Å²) in [4.78, 5) is 0. The molecule has 0 aliphatic heterocycles. The molecule has 0 aromatic heterocycles. The zero-order valence-corrected chi connectivity index (χ0v) is 24.5. The van der Waals surface area contributed by atoms with E-state index in [9.17, 15) is 5.11 Å². The van der Waals surface area contributed by atoms with Crippen LogP contribution in [0.15, 0.2) is 36.4 Å². The van der Waals surface area contributed by atoms with Gasteiger partial charge in [0.05, 0.1) is 22.4 Å². The lowest BCUT2D eigenvalue weighted by atomic mass is 9.81. The summed E-state index contributed by atoms with van der Waals surface area (Å²) < 4.78 is 24.2. The summed E-state index contributed by atoms with van der Waals surface area (Å²) in [6.07, 6.45) is 1.97. The molecule has 0 unspecified atom stereocenters. The molecule has 0 aliphatic rings. The van der Waals surface area contributed by atoms with E-state index in [1.54, 1.807) is 27.0 Å². The first-order chi connectivity index (χ1) is 16.5. The molecular formula is C28H43B2ClO5. The lowest BCUT2D eigenvalue weighted by molar-refractivity contribution is -0.114. The molecule has 0 amide bonds. The molecule has 0 spiro atoms. The van der Waals surface area contributed by atoms with Gasteiger partial charge in [-0.15, -0.1) is 0 Å². The molecule has 0 atom stereocenters. The highest BCUT2D eigenvalue weighted by molar-refractivity contribution is 6.48. The first kappa shape index (κ1) is 30.7. The van der Waals surface area contributed by atoms with Gasteiger partial charge in [-0.1, -0.05) is 31.0 Å². The van der Waals surface area contributed by atoms with Crippen LogP contribution < -0.4 is 15.7 Å². The predicted molar refractivity (Wildman–Crippen MR) is 153 cm³/mol. The van der Waals surface area contributed by atoms with Crippen molar-refractivity contribution in [2.45, 2.75) is 97.6 Å². The van der Waals surface area contributed by atoms with E-state index >= 15 is 0 Å². The Morgan fingerprint density at radius 1 is 0.750 bits per heavy atom. The lowest BCUT2D eigenvalue weighted by Crippen LogP contribution is -2.50. The second kappa shape index (κ2) is 11.9. The number of hydrogen-bond acceptors (Lipinski definition) is 5. The van der Waals surface area contributed by atoms with Gasteiger partial charge in [0.25, 0.3) is 0 Å². The molecule has 198 valence electrons. The van der Waals surface area contributed by atoms with E-state index < -0.39 is 22.4 Å². The zero-order valence-electron chi connectivity index (χ0n) is 23.8. The van der Waals surface area contributed by atoms with Crippen LogP contribution in [0, 0.1) is 0 Å². The monoisotopic (exact) mass is 516 g/mol. The number of hydrogen-bond donors (Lipinski definition) is 1. The average molecular weight is 517 g/mol. The maximum Gasteiger partial charge on any atom is 0.309 e. The van der Waals surface area contributed by atoms with Gasteiger partial charge in [-0.25, -0.2) is 0 Å². The van der Waals surface area contributed by atoms with Crippen molar-refractivity contribution < 1.29 is 23.9 Å². The predicted octanol–water partition coefficient (Wildman–Crippen LogP) is 4.82. The van der Waals surface area contributed by atoms with Gasteiger partial charge < -0.3 is 23.9 Å². The third-order valence-electron chi connectivity index (χ3n) is 7.36. The Balaban J connectivity index is 2.25. The van der Waals surface area contributed by atoms with Crippen molar-refractivity contribution in [3.05, 3.63) is 47.0 Å². The quantitative estimate of drug-likeness (QED) is 0.387. The third kappa shape index (κ3) is 8.26. The van der Waals surface area contributed by atoms with Gasteiger partial charge in [0.2, 0.25) is 0 Å². The van der Waals surface area contributed by atoms with Gasteiger partial charge in [-0.2, -0.15) is 0 Å². The van der Waals surface area contributed by atoms with Crippen molar-refractivity contribution >= 4 is 37.5 Å². The fourth-order valence-electron chi connectivity index (χ4n) is 3.33. The smallest absolute Gasteiger partial charge is 0.309 e. The van der Waals surface area contributed by atoms with Crippen LogP contribution >= 0.6 is 11.6 Å². The lowest BCUT2D eigenvalue weighted by Gasteiger charge is -2.40. The molecule has 0 heterocycles. The van der Waals surface area contributed by atoms with Crippen molar-refractivity contribution in [3.63, 3.8) is 0 Å². The maximum atomic E-state index is 10.4. The van der Waals surface area contributed by atoms with Crippen LogP contribution in [0.25, 0.3) is 0 Å². The van der Waals surface area contributed by atoms with E-state index in [-0.39, 0.29) is 0 Å². The summed E-state index contributed by atoms with van der Waals surface area (Å²) in [5.74, 6) is 1.36. The van der Waals surface area contributed by atoms with Crippen LogP contribution in [0.5, 0.6) is 11.5 Å². The fraction of sp³-hybridized carbons (Fsp3) is 0.571. The van der Waals surface area contributed by atoms with Crippen molar-refractivity contribution in [2.75, 3.05) is 7.11 Å². The minimum Gasteiger partial charge on any atom is -0.457 e. The van der Waals surface area contributed by atoms with Crippen LogP contribution in [-0.4, -0.2) is 49.6 Å². The van der Waals surface area contributed by atoms with Gasteiger partial charge in [-0.05, 0) is 109 Å². The fourth-order valence-corrected chi connectivity index (χ4v) is 3.57. The van der Waals surface area contributed by atoms with Gasteiger partial charge in [0.1, 0.15) is 11.5 Å². The van der Waals surface area contributed by atoms with Crippen LogP contribution in [0.1, 0.15) is 74.3 Å². The highest BCUT2D eigenvalue weighted by Gasteiger charge is 2.38. The Kier molecular flexibility index (Phi) is 10.2. The third-order valence-corrected chi connectivity index (χ3v) is 7.58. The first-order valence-electron chi connectivity index (χ1n) is 12.7. The molecule has 1 N–H and O–H groups in total. The molecular weight excluding hydrogens is 473 g/mol. The summed E-state index contributed by atoms with van der Waals surface area (Å²) >= 11 is 6.41. The Morgan fingerprint density at radius 3 is 1.81 bits per heavy atom. The Morgan fingerprint density at radius 2 is 1.28 bits per heavy atom. The van der Waals surface area contributed by atoms with Crippen molar-refractivity contribution in [3.8, 4) is 11.5 Å². The van der Waals surface area contributed by atoms with Gasteiger partial charge in [0, 0.05) is 12.1 Å². The second-order valence-corrected chi connectivity index (χ2v) is 11.9. The normalized spacial score (nSPS) is 13.0. The minimum absolute atomic E-state index is 0.299. The standard InChI is InChI=1S/C28H43B2ClO5/c1-11-12-19-13-20(29-36-28(8,9)27(6,7)33-10)16-23(14-19)34-24-17-21(15-22(31)18-24)30-35-26(4,5)25(2,3)32/h13-18,29-30,32H,11-12H2,1-10H3. The van der Waals surface area contributed by atoms with Crippen molar-refractivity contribution in [1.29, 1.82) is 0 Å². The summed E-state index contributed by atoms with van der Waals surface area (Å²) in [7, 11) is 2.44. The number of ether oxygens (including phenoxy) is 2. The summed E-state index contributed by atoms with van der Waals surface area (Å²) in [6.45, 7) is 17.5. The largest absolute Gasteiger partial charge is 0.457 e. The van der Waals surface area contributed by atoms with Crippen molar-refractivity contribution in [1.82, 2.24) is 0 Å². The van der Waals surface area contributed by atoms with Crippen molar-refractivity contribution in [2.24, 2.45) is 0 Å². The van der Waals surface area contributed by atoms with Gasteiger partial charge in [-0.3, -0.25) is 0 Å². The Labute approximate surface area is 224 Å². The van der Waals surface area contributed by atoms with E-state index in [4.69, 9.17) is 30.4 Å². The Hall–Kier alpha value is -1.50. The molecule has 0 saturated heterocycles. The zero-order chi connectivity index (χ0) is 27.4. The summed E-state index contributed by atoms with van der Waals surface area (Å²) in [5.41, 5.74) is 0.449. The van der Waals surface area contributed by atoms with Crippen LogP contribution in [0.3, 0.4) is 0 Å². The van der Waals surface area contributed by atoms with Crippen LogP contribution in [-0.2, 0) is 20.5 Å². The highest BCUT2D eigenvalue weighted by atomic mass is 35.5. The summed E-state index contributed by atoms with van der Waals surface area (Å²) in [6, 6.07) is 11.8. The van der Waals surface area contributed by atoms with Gasteiger partial charge >= 0.3 is 15.0 Å². The molecule has 36 heavy (non-hydrogen) atoms. The molecule has 0 aliphatic carbocycles. The van der Waals surface area contributed by atoms with Crippen LogP contribution in [0.4, 0.5) is 0 Å². The molecule has 2 rings (SSSR count).